The zero-order valence-corrected chi connectivity index (χ0v) is 16.2. The van der Waals surface area contributed by atoms with Crippen molar-refractivity contribution in [1.29, 1.82) is 0 Å². The van der Waals surface area contributed by atoms with Gasteiger partial charge in [0.1, 0.15) is 18.1 Å². The molecule has 4 rings (SSSR count). The maximum Gasteiger partial charge on any atom is 0.419 e. The summed E-state index contributed by atoms with van der Waals surface area (Å²) in [7, 11) is 1.20. The standard InChI is InChI=1S/C22H20F3NO4/c1-29-20-5-2-13(8-17(20)22(23,24)25)12-30-16-3-4-18-15(9-16)10-19-14(11-21(27)28)6-7-26(18)19/h2-5,8-10,14H,6-7,11-12H2,1H3,(H,27,28). The minimum atomic E-state index is -4.51. The minimum Gasteiger partial charge on any atom is -0.496 e. The molecule has 1 aromatic heterocycles. The van der Waals surface area contributed by atoms with Crippen molar-refractivity contribution in [2.24, 2.45) is 0 Å². The van der Waals surface area contributed by atoms with Gasteiger partial charge < -0.3 is 19.1 Å². The molecule has 1 aliphatic heterocycles. The molecule has 0 spiro atoms. The van der Waals surface area contributed by atoms with Crippen molar-refractivity contribution in [3.63, 3.8) is 0 Å². The molecular weight excluding hydrogens is 399 g/mol. The number of alkyl halides is 3. The molecule has 0 radical (unpaired) electrons. The lowest BCUT2D eigenvalue weighted by Gasteiger charge is -2.14. The van der Waals surface area contributed by atoms with Crippen LogP contribution in [0.4, 0.5) is 13.2 Å². The monoisotopic (exact) mass is 419 g/mol. The van der Waals surface area contributed by atoms with Crippen LogP contribution in [0.3, 0.4) is 0 Å². The van der Waals surface area contributed by atoms with E-state index < -0.39 is 17.7 Å². The summed E-state index contributed by atoms with van der Waals surface area (Å²) < 4.78 is 52.2. The molecule has 1 aliphatic rings. The van der Waals surface area contributed by atoms with Crippen LogP contribution in [0.15, 0.2) is 42.5 Å². The number of nitrogens with zero attached hydrogens (tertiary/aromatic N) is 1. The zero-order chi connectivity index (χ0) is 21.5. The maximum absolute atomic E-state index is 13.2. The number of aliphatic carboxylic acids is 1. The number of ether oxygens (including phenoxy) is 2. The summed E-state index contributed by atoms with van der Waals surface area (Å²) in [6.45, 7) is 0.747. The normalized spacial score (nSPS) is 15.9. The first-order valence-electron chi connectivity index (χ1n) is 9.48. The highest BCUT2D eigenvalue weighted by Crippen LogP contribution is 2.38. The predicted octanol–water partition coefficient (Wildman–Crippen LogP) is 5.21. The smallest absolute Gasteiger partial charge is 0.419 e. The van der Waals surface area contributed by atoms with Crippen LogP contribution in [0.1, 0.15) is 35.6 Å². The molecule has 0 saturated carbocycles. The molecule has 1 atom stereocenters. The second-order valence-electron chi connectivity index (χ2n) is 7.35. The van der Waals surface area contributed by atoms with Crippen LogP contribution in [0.25, 0.3) is 10.9 Å². The van der Waals surface area contributed by atoms with Crippen LogP contribution in [0.2, 0.25) is 0 Å². The average Bonchev–Trinajstić information content (AvgIpc) is 3.24. The highest BCUT2D eigenvalue weighted by molar-refractivity contribution is 5.83. The number of benzene rings is 2. The van der Waals surface area contributed by atoms with Crippen LogP contribution in [-0.2, 0) is 24.1 Å². The van der Waals surface area contributed by atoms with Gasteiger partial charge in [-0.2, -0.15) is 13.2 Å². The third-order valence-corrected chi connectivity index (χ3v) is 5.42. The van der Waals surface area contributed by atoms with Crippen LogP contribution in [-0.4, -0.2) is 22.8 Å². The molecule has 1 N–H and O–H groups in total. The number of methoxy groups -OCH3 is 1. The fraction of sp³-hybridized carbons (Fsp3) is 0.318. The van der Waals surface area contributed by atoms with E-state index in [4.69, 9.17) is 14.6 Å². The van der Waals surface area contributed by atoms with Gasteiger partial charge in [-0.15, -0.1) is 0 Å². The van der Waals surface area contributed by atoms with Gasteiger partial charge in [0, 0.05) is 29.1 Å². The lowest BCUT2D eigenvalue weighted by atomic mass is 10.0. The third kappa shape index (κ3) is 3.81. The van der Waals surface area contributed by atoms with Crippen LogP contribution in [0, 0.1) is 0 Å². The number of aryl methyl sites for hydroxylation is 1. The highest BCUT2D eigenvalue weighted by Gasteiger charge is 2.34. The van der Waals surface area contributed by atoms with Crippen molar-refractivity contribution in [1.82, 2.24) is 4.57 Å². The molecule has 2 heterocycles. The first kappa shape index (κ1) is 20.1. The first-order chi connectivity index (χ1) is 14.3. The van der Waals surface area contributed by atoms with E-state index in [-0.39, 0.29) is 24.7 Å². The number of rotatable bonds is 6. The second-order valence-corrected chi connectivity index (χ2v) is 7.35. The van der Waals surface area contributed by atoms with Gasteiger partial charge in [-0.25, -0.2) is 0 Å². The molecule has 5 nitrogen and oxygen atoms in total. The Kier molecular flexibility index (Phi) is 5.09. The Morgan fingerprint density at radius 2 is 2.00 bits per heavy atom. The number of carboxylic acids is 1. The van der Waals surface area contributed by atoms with Gasteiger partial charge in [0.2, 0.25) is 0 Å². The highest BCUT2D eigenvalue weighted by atomic mass is 19.4. The summed E-state index contributed by atoms with van der Waals surface area (Å²) in [5.41, 5.74) is 1.53. The summed E-state index contributed by atoms with van der Waals surface area (Å²) in [6.07, 6.45) is -3.62. The molecule has 0 amide bonds. The molecule has 0 bridgehead atoms. The lowest BCUT2D eigenvalue weighted by Crippen LogP contribution is -2.09. The van der Waals surface area contributed by atoms with Crippen LogP contribution < -0.4 is 9.47 Å². The van der Waals surface area contributed by atoms with Crippen molar-refractivity contribution >= 4 is 16.9 Å². The van der Waals surface area contributed by atoms with Gasteiger partial charge in [0.25, 0.3) is 0 Å². The quantitative estimate of drug-likeness (QED) is 0.596. The number of fused-ring (bicyclic) bond motifs is 3. The fourth-order valence-corrected chi connectivity index (χ4v) is 4.03. The number of aromatic nitrogens is 1. The molecule has 8 heteroatoms. The van der Waals surface area contributed by atoms with Gasteiger partial charge in [-0.3, -0.25) is 4.79 Å². The molecule has 0 aliphatic carbocycles. The molecular formula is C22H20F3NO4. The lowest BCUT2D eigenvalue weighted by molar-refractivity contribution is -0.139. The van der Waals surface area contributed by atoms with Gasteiger partial charge in [0.05, 0.1) is 19.1 Å². The fourth-order valence-electron chi connectivity index (χ4n) is 4.03. The van der Waals surface area contributed by atoms with E-state index >= 15 is 0 Å². The molecule has 3 aromatic rings. The van der Waals surface area contributed by atoms with E-state index in [0.29, 0.717) is 11.3 Å². The van der Waals surface area contributed by atoms with Gasteiger partial charge in [0.15, 0.2) is 0 Å². The summed E-state index contributed by atoms with van der Waals surface area (Å²) >= 11 is 0. The number of carboxylic acid groups (broad SMARTS) is 1. The Labute approximate surface area is 170 Å². The third-order valence-electron chi connectivity index (χ3n) is 5.42. The van der Waals surface area contributed by atoms with E-state index in [1.165, 1.54) is 19.2 Å². The maximum atomic E-state index is 13.2. The number of carbonyl (C=O) groups is 1. The Bertz CT molecular complexity index is 1100. The summed E-state index contributed by atoms with van der Waals surface area (Å²) in [6, 6.07) is 11.3. The molecule has 158 valence electrons. The summed E-state index contributed by atoms with van der Waals surface area (Å²) in [5, 5.41) is 10.0. The Morgan fingerprint density at radius 1 is 1.20 bits per heavy atom. The summed E-state index contributed by atoms with van der Waals surface area (Å²) in [5.74, 6) is -0.530. The summed E-state index contributed by atoms with van der Waals surface area (Å²) in [4.78, 5) is 11.1. The molecule has 0 saturated heterocycles. The van der Waals surface area contributed by atoms with Crippen LogP contribution >= 0.6 is 0 Å². The SMILES string of the molecule is COc1ccc(COc2ccc3c(c2)cc2n3CCC2CC(=O)O)cc1C(F)(F)F. The van der Waals surface area contributed by atoms with Gasteiger partial charge in [-0.05, 0) is 48.4 Å². The van der Waals surface area contributed by atoms with E-state index in [1.54, 1.807) is 6.07 Å². The van der Waals surface area contributed by atoms with Crippen molar-refractivity contribution in [3.8, 4) is 11.5 Å². The Balaban J connectivity index is 1.54. The molecule has 2 aromatic carbocycles. The van der Waals surface area contributed by atoms with Crippen LogP contribution in [0.5, 0.6) is 11.5 Å². The van der Waals surface area contributed by atoms with Crippen molar-refractivity contribution in [2.75, 3.05) is 7.11 Å². The first-order valence-corrected chi connectivity index (χ1v) is 9.48. The van der Waals surface area contributed by atoms with Crippen molar-refractivity contribution in [3.05, 3.63) is 59.3 Å². The topological polar surface area (TPSA) is 60.7 Å². The minimum absolute atomic E-state index is 0.0145. The van der Waals surface area contributed by atoms with Crippen molar-refractivity contribution < 1.29 is 32.5 Å². The second kappa shape index (κ2) is 7.59. The Hall–Kier alpha value is -3.16. The van der Waals surface area contributed by atoms with Gasteiger partial charge >= 0.3 is 12.1 Å². The predicted molar refractivity (Wildman–Crippen MR) is 104 cm³/mol. The largest absolute Gasteiger partial charge is 0.496 e. The number of hydrogen-bond donors (Lipinski definition) is 1. The van der Waals surface area contributed by atoms with Gasteiger partial charge in [-0.1, -0.05) is 6.07 Å². The molecule has 30 heavy (non-hydrogen) atoms. The van der Waals surface area contributed by atoms with E-state index in [1.807, 2.05) is 18.2 Å². The van der Waals surface area contributed by atoms with E-state index in [9.17, 15) is 18.0 Å². The van der Waals surface area contributed by atoms with E-state index in [2.05, 4.69) is 4.57 Å². The van der Waals surface area contributed by atoms with E-state index in [0.717, 1.165) is 35.6 Å². The molecule has 0 fully saturated rings. The zero-order valence-electron chi connectivity index (χ0n) is 16.2. The Morgan fingerprint density at radius 3 is 2.70 bits per heavy atom. The average molecular weight is 419 g/mol. The molecule has 1 unspecified atom stereocenters. The number of hydrogen-bond acceptors (Lipinski definition) is 3. The number of halogens is 3. The van der Waals surface area contributed by atoms with Crippen molar-refractivity contribution in [2.45, 2.75) is 38.1 Å².